The van der Waals surface area contributed by atoms with E-state index in [0.717, 1.165) is 19.3 Å². The Morgan fingerprint density at radius 3 is 2.56 bits per heavy atom. The van der Waals surface area contributed by atoms with Gasteiger partial charge in [-0.3, -0.25) is 4.79 Å². The molecule has 0 bridgehead atoms. The monoisotopic (exact) mass is 253 g/mol. The van der Waals surface area contributed by atoms with Gasteiger partial charge in [0, 0.05) is 12.0 Å². The molecule has 0 aromatic carbocycles. The average molecular weight is 253 g/mol. The predicted octanol–water partition coefficient (Wildman–Crippen LogP) is 2.83. The van der Waals surface area contributed by atoms with E-state index in [1.807, 2.05) is 20.8 Å². The van der Waals surface area contributed by atoms with Crippen LogP contribution in [0.25, 0.3) is 0 Å². The van der Waals surface area contributed by atoms with Crippen LogP contribution in [-0.4, -0.2) is 23.5 Å². The molecule has 1 aliphatic rings. The summed E-state index contributed by atoms with van der Waals surface area (Å²) in [6.45, 7) is 9.00. The minimum absolute atomic E-state index is 0.00353. The highest BCUT2D eigenvalue weighted by Crippen LogP contribution is 2.25. The molecule has 0 spiro atoms. The van der Waals surface area contributed by atoms with Crippen molar-refractivity contribution in [1.29, 1.82) is 0 Å². The first-order chi connectivity index (χ1) is 8.31. The van der Waals surface area contributed by atoms with Gasteiger partial charge in [-0.2, -0.15) is 0 Å². The smallest absolute Gasteiger partial charge is 0.407 e. The van der Waals surface area contributed by atoms with E-state index < -0.39 is 11.7 Å². The molecule has 0 aromatic rings. The highest BCUT2D eigenvalue weighted by atomic mass is 16.6. The van der Waals surface area contributed by atoms with Crippen LogP contribution in [0, 0.1) is 5.92 Å². The van der Waals surface area contributed by atoms with Gasteiger partial charge in [0.15, 0.2) is 5.78 Å². The van der Waals surface area contributed by atoms with Crippen molar-refractivity contribution in [3.05, 3.63) is 12.7 Å². The molecule has 1 aliphatic carbocycles. The standard InChI is InChI=1S/C14H23NO3/c1-5-12(16)10-7-6-8-11(9-10)15-13(17)18-14(2,3)4/h5,10-11H,1,6-9H2,2-4H3,(H,15,17). The van der Waals surface area contributed by atoms with Crippen molar-refractivity contribution in [3.63, 3.8) is 0 Å². The quantitative estimate of drug-likeness (QED) is 0.787. The molecule has 1 saturated carbocycles. The Kier molecular flexibility index (Phi) is 4.93. The van der Waals surface area contributed by atoms with Crippen LogP contribution in [0.3, 0.4) is 0 Å². The average Bonchev–Trinajstić information content (AvgIpc) is 2.25. The van der Waals surface area contributed by atoms with Crippen molar-refractivity contribution in [2.75, 3.05) is 0 Å². The van der Waals surface area contributed by atoms with Gasteiger partial charge in [0.25, 0.3) is 0 Å². The SMILES string of the molecule is C=CC(=O)C1CCCC(NC(=O)OC(C)(C)C)C1. The minimum Gasteiger partial charge on any atom is -0.444 e. The van der Waals surface area contributed by atoms with Crippen LogP contribution < -0.4 is 5.32 Å². The van der Waals surface area contributed by atoms with Crippen molar-refractivity contribution < 1.29 is 14.3 Å². The zero-order chi connectivity index (χ0) is 13.8. The normalized spacial score (nSPS) is 24.2. The summed E-state index contributed by atoms with van der Waals surface area (Å²) in [7, 11) is 0. The third-order valence-corrected chi connectivity index (χ3v) is 3.00. The lowest BCUT2D eigenvalue weighted by Crippen LogP contribution is -2.42. The number of allylic oxidation sites excluding steroid dienone is 1. The number of hydrogen-bond donors (Lipinski definition) is 1. The van der Waals surface area contributed by atoms with Gasteiger partial charge in [0.2, 0.25) is 0 Å². The van der Waals surface area contributed by atoms with Crippen LogP contribution in [0.2, 0.25) is 0 Å². The number of rotatable bonds is 3. The van der Waals surface area contributed by atoms with Crippen LogP contribution in [0.5, 0.6) is 0 Å². The van der Waals surface area contributed by atoms with Gasteiger partial charge in [0.05, 0.1) is 0 Å². The zero-order valence-electron chi connectivity index (χ0n) is 11.5. The Morgan fingerprint density at radius 1 is 1.33 bits per heavy atom. The van der Waals surface area contributed by atoms with Gasteiger partial charge in [-0.05, 0) is 46.1 Å². The van der Waals surface area contributed by atoms with Crippen molar-refractivity contribution in [1.82, 2.24) is 5.32 Å². The molecule has 4 nitrogen and oxygen atoms in total. The molecule has 0 aliphatic heterocycles. The summed E-state index contributed by atoms with van der Waals surface area (Å²) in [5, 5.41) is 2.84. The van der Waals surface area contributed by atoms with Crippen LogP contribution in [0.15, 0.2) is 12.7 Å². The molecule has 0 aromatic heterocycles. The van der Waals surface area contributed by atoms with Crippen LogP contribution in [0.1, 0.15) is 46.5 Å². The Morgan fingerprint density at radius 2 is 2.00 bits per heavy atom. The third-order valence-electron chi connectivity index (χ3n) is 3.00. The topological polar surface area (TPSA) is 55.4 Å². The summed E-state index contributed by atoms with van der Waals surface area (Å²) in [5.41, 5.74) is -0.491. The van der Waals surface area contributed by atoms with E-state index in [1.54, 1.807) is 0 Å². The molecule has 0 heterocycles. The van der Waals surface area contributed by atoms with Crippen LogP contribution in [0.4, 0.5) is 4.79 Å². The number of ketones is 1. The second-order valence-electron chi connectivity index (χ2n) is 5.81. The fourth-order valence-corrected chi connectivity index (χ4v) is 2.22. The lowest BCUT2D eigenvalue weighted by molar-refractivity contribution is -0.119. The maximum atomic E-state index is 11.6. The molecule has 1 fully saturated rings. The van der Waals surface area contributed by atoms with E-state index in [2.05, 4.69) is 11.9 Å². The molecule has 102 valence electrons. The summed E-state index contributed by atoms with van der Waals surface area (Å²) in [6, 6.07) is 0.0301. The molecule has 2 unspecified atom stereocenters. The minimum atomic E-state index is -0.491. The van der Waals surface area contributed by atoms with E-state index in [9.17, 15) is 9.59 Å². The van der Waals surface area contributed by atoms with Crippen molar-refractivity contribution in [3.8, 4) is 0 Å². The number of carbonyl (C=O) groups excluding carboxylic acids is 2. The van der Waals surface area contributed by atoms with Crippen molar-refractivity contribution in [2.24, 2.45) is 5.92 Å². The van der Waals surface area contributed by atoms with E-state index in [4.69, 9.17) is 4.74 Å². The Labute approximate surface area is 109 Å². The van der Waals surface area contributed by atoms with E-state index in [-0.39, 0.29) is 17.7 Å². The number of ether oxygens (including phenoxy) is 1. The molecule has 2 atom stereocenters. The number of amides is 1. The zero-order valence-corrected chi connectivity index (χ0v) is 11.5. The number of hydrogen-bond acceptors (Lipinski definition) is 3. The molecular formula is C14H23NO3. The largest absolute Gasteiger partial charge is 0.444 e. The van der Waals surface area contributed by atoms with E-state index in [1.165, 1.54) is 6.08 Å². The fourth-order valence-electron chi connectivity index (χ4n) is 2.22. The molecule has 0 saturated heterocycles. The Bertz CT molecular complexity index is 330. The van der Waals surface area contributed by atoms with Gasteiger partial charge in [-0.25, -0.2) is 4.79 Å². The third kappa shape index (κ3) is 4.90. The molecule has 1 amide bonds. The van der Waals surface area contributed by atoms with E-state index >= 15 is 0 Å². The van der Waals surface area contributed by atoms with Gasteiger partial charge in [0.1, 0.15) is 5.60 Å². The maximum absolute atomic E-state index is 11.6. The highest BCUT2D eigenvalue weighted by Gasteiger charge is 2.27. The second-order valence-corrected chi connectivity index (χ2v) is 5.81. The molecule has 4 heteroatoms. The fraction of sp³-hybridized carbons (Fsp3) is 0.714. The second kappa shape index (κ2) is 6.03. The number of alkyl carbamates (subject to hydrolysis) is 1. The Hall–Kier alpha value is -1.32. The summed E-state index contributed by atoms with van der Waals surface area (Å²) in [5.74, 6) is 0.0712. The van der Waals surface area contributed by atoms with Gasteiger partial charge in [-0.15, -0.1) is 0 Å². The summed E-state index contributed by atoms with van der Waals surface area (Å²) >= 11 is 0. The first-order valence-corrected chi connectivity index (χ1v) is 6.47. The number of carbonyl (C=O) groups is 2. The summed E-state index contributed by atoms with van der Waals surface area (Å²) in [6.07, 6.45) is 4.39. The lowest BCUT2D eigenvalue weighted by Gasteiger charge is -2.29. The highest BCUT2D eigenvalue weighted by molar-refractivity contribution is 5.91. The first kappa shape index (κ1) is 14.7. The molecule has 1 N–H and O–H groups in total. The molecule has 1 rings (SSSR count). The first-order valence-electron chi connectivity index (χ1n) is 6.47. The molecular weight excluding hydrogens is 230 g/mol. The van der Waals surface area contributed by atoms with Gasteiger partial charge < -0.3 is 10.1 Å². The van der Waals surface area contributed by atoms with Crippen LogP contribution in [-0.2, 0) is 9.53 Å². The molecule has 0 radical (unpaired) electrons. The maximum Gasteiger partial charge on any atom is 0.407 e. The lowest BCUT2D eigenvalue weighted by atomic mass is 9.83. The van der Waals surface area contributed by atoms with Crippen LogP contribution >= 0.6 is 0 Å². The van der Waals surface area contributed by atoms with Crippen molar-refractivity contribution >= 4 is 11.9 Å². The van der Waals surface area contributed by atoms with Gasteiger partial charge >= 0.3 is 6.09 Å². The summed E-state index contributed by atoms with van der Waals surface area (Å²) in [4.78, 5) is 23.2. The van der Waals surface area contributed by atoms with E-state index in [0.29, 0.717) is 6.42 Å². The number of nitrogens with one attached hydrogen (secondary N) is 1. The van der Waals surface area contributed by atoms with Crippen molar-refractivity contribution in [2.45, 2.75) is 58.1 Å². The summed E-state index contributed by atoms with van der Waals surface area (Å²) < 4.78 is 5.21. The van der Waals surface area contributed by atoms with Gasteiger partial charge in [-0.1, -0.05) is 13.0 Å². The predicted molar refractivity (Wildman–Crippen MR) is 70.3 cm³/mol. The Balaban J connectivity index is 2.45. The molecule has 18 heavy (non-hydrogen) atoms.